The first kappa shape index (κ1) is 18.7. The van der Waals surface area contributed by atoms with Gasteiger partial charge in [0.05, 0.1) is 4.92 Å². The molecule has 0 radical (unpaired) electrons. The predicted molar refractivity (Wildman–Crippen MR) is 111 cm³/mol. The molecule has 4 rings (SSSR count). The standard InChI is InChI=1S/C20H15N7O3/c28-20(14-8-10-21-11-9-14)26-25-19-17(27(29)30)18(22-12-23-19)24-16-7-3-5-13-4-1-2-6-15(13)16/h1-12H,(H,26,28)(H2,22,23,24,25). The van der Waals surface area contributed by atoms with E-state index in [9.17, 15) is 14.9 Å². The second-order valence-electron chi connectivity index (χ2n) is 6.14. The second kappa shape index (κ2) is 8.19. The maximum atomic E-state index is 12.2. The zero-order chi connectivity index (χ0) is 20.9. The number of rotatable bonds is 6. The molecule has 1 amide bonds. The van der Waals surface area contributed by atoms with E-state index in [0.29, 0.717) is 11.3 Å². The van der Waals surface area contributed by atoms with Gasteiger partial charge in [-0.2, -0.15) is 0 Å². The Labute approximate surface area is 170 Å². The SMILES string of the molecule is O=C(NNc1ncnc(Nc2cccc3ccccc23)c1[N+](=O)[O-])c1ccncc1. The maximum Gasteiger partial charge on any atom is 0.355 e. The minimum absolute atomic E-state index is 0.00740. The molecule has 0 aliphatic carbocycles. The molecule has 4 aromatic rings. The number of benzene rings is 2. The number of nitro groups is 1. The van der Waals surface area contributed by atoms with Gasteiger partial charge >= 0.3 is 5.69 Å². The number of carbonyl (C=O) groups is 1. The molecule has 0 unspecified atom stereocenters. The second-order valence-corrected chi connectivity index (χ2v) is 6.14. The lowest BCUT2D eigenvalue weighted by Crippen LogP contribution is -2.30. The molecule has 0 bridgehead atoms. The van der Waals surface area contributed by atoms with Crippen molar-refractivity contribution in [1.29, 1.82) is 0 Å². The van der Waals surface area contributed by atoms with E-state index >= 15 is 0 Å². The molecule has 0 fully saturated rings. The van der Waals surface area contributed by atoms with Crippen LogP contribution < -0.4 is 16.2 Å². The van der Waals surface area contributed by atoms with Gasteiger partial charge in [-0.3, -0.25) is 30.7 Å². The fraction of sp³-hybridized carbons (Fsp3) is 0. The highest BCUT2D eigenvalue weighted by molar-refractivity contribution is 5.96. The zero-order valence-electron chi connectivity index (χ0n) is 15.4. The average molecular weight is 401 g/mol. The first-order valence-corrected chi connectivity index (χ1v) is 8.84. The highest BCUT2D eigenvalue weighted by atomic mass is 16.6. The van der Waals surface area contributed by atoms with Crippen molar-refractivity contribution in [3.8, 4) is 0 Å². The molecular weight excluding hydrogens is 386 g/mol. The van der Waals surface area contributed by atoms with Crippen LogP contribution in [-0.2, 0) is 0 Å². The largest absolute Gasteiger partial charge is 0.355 e. The number of anilines is 3. The lowest BCUT2D eigenvalue weighted by atomic mass is 10.1. The number of aromatic nitrogens is 3. The van der Waals surface area contributed by atoms with Crippen molar-refractivity contribution in [2.75, 3.05) is 10.7 Å². The van der Waals surface area contributed by atoms with Gasteiger partial charge in [0.1, 0.15) is 6.33 Å². The van der Waals surface area contributed by atoms with Crippen molar-refractivity contribution >= 4 is 39.7 Å². The molecule has 10 heteroatoms. The first-order chi connectivity index (χ1) is 14.6. The third-order valence-corrected chi connectivity index (χ3v) is 4.28. The Bertz CT molecular complexity index is 1230. The highest BCUT2D eigenvalue weighted by Gasteiger charge is 2.24. The Kier molecular flexibility index (Phi) is 5.12. The van der Waals surface area contributed by atoms with Crippen LogP contribution in [0.4, 0.5) is 23.0 Å². The number of carbonyl (C=O) groups excluding carboxylic acids is 1. The fourth-order valence-electron chi connectivity index (χ4n) is 2.89. The monoisotopic (exact) mass is 401 g/mol. The van der Waals surface area contributed by atoms with Crippen LogP contribution in [0.2, 0.25) is 0 Å². The van der Waals surface area contributed by atoms with E-state index in [4.69, 9.17) is 0 Å². The Morgan fingerprint density at radius 2 is 1.67 bits per heavy atom. The molecule has 0 aliphatic rings. The summed E-state index contributed by atoms with van der Waals surface area (Å²) in [5, 5.41) is 16.6. The fourth-order valence-corrected chi connectivity index (χ4v) is 2.89. The van der Waals surface area contributed by atoms with Crippen LogP contribution in [-0.4, -0.2) is 25.8 Å². The van der Waals surface area contributed by atoms with Crippen LogP contribution in [0, 0.1) is 10.1 Å². The van der Waals surface area contributed by atoms with E-state index in [2.05, 4.69) is 31.1 Å². The van der Waals surface area contributed by atoms with E-state index in [1.165, 1.54) is 30.9 Å². The number of amides is 1. The number of nitrogens with one attached hydrogen (secondary N) is 3. The molecule has 2 aromatic carbocycles. The van der Waals surface area contributed by atoms with E-state index in [1.807, 2.05) is 36.4 Å². The molecule has 0 spiro atoms. The van der Waals surface area contributed by atoms with Crippen molar-refractivity contribution in [2.45, 2.75) is 0 Å². The Hall–Kier alpha value is -4.60. The van der Waals surface area contributed by atoms with Crippen LogP contribution >= 0.6 is 0 Å². The molecule has 30 heavy (non-hydrogen) atoms. The number of fused-ring (bicyclic) bond motifs is 1. The van der Waals surface area contributed by atoms with Crippen molar-refractivity contribution < 1.29 is 9.72 Å². The van der Waals surface area contributed by atoms with E-state index in [1.54, 1.807) is 6.07 Å². The lowest BCUT2D eigenvalue weighted by molar-refractivity contribution is -0.383. The van der Waals surface area contributed by atoms with Gasteiger partial charge in [0.25, 0.3) is 5.91 Å². The predicted octanol–water partition coefficient (Wildman–Crippen LogP) is 3.43. The van der Waals surface area contributed by atoms with Crippen molar-refractivity contribution in [1.82, 2.24) is 20.4 Å². The topological polar surface area (TPSA) is 135 Å². The smallest absolute Gasteiger partial charge is 0.334 e. The quantitative estimate of drug-likeness (QED) is 0.330. The lowest BCUT2D eigenvalue weighted by Gasteiger charge is -2.12. The number of nitrogens with zero attached hydrogens (tertiary/aromatic N) is 4. The van der Waals surface area contributed by atoms with Crippen molar-refractivity contribution in [2.24, 2.45) is 0 Å². The van der Waals surface area contributed by atoms with Gasteiger partial charge in [-0.25, -0.2) is 9.97 Å². The summed E-state index contributed by atoms with van der Waals surface area (Å²) in [6, 6.07) is 16.2. The molecule has 10 nitrogen and oxygen atoms in total. The number of hydrogen-bond donors (Lipinski definition) is 3. The van der Waals surface area contributed by atoms with Gasteiger partial charge in [0.15, 0.2) is 0 Å². The third-order valence-electron chi connectivity index (χ3n) is 4.28. The maximum absolute atomic E-state index is 12.2. The number of hydrogen-bond acceptors (Lipinski definition) is 8. The summed E-state index contributed by atoms with van der Waals surface area (Å²) in [5.74, 6) is -0.652. The van der Waals surface area contributed by atoms with Gasteiger partial charge < -0.3 is 5.32 Å². The van der Waals surface area contributed by atoms with Gasteiger partial charge in [-0.05, 0) is 23.6 Å². The Morgan fingerprint density at radius 3 is 2.47 bits per heavy atom. The van der Waals surface area contributed by atoms with Crippen LogP contribution in [0.25, 0.3) is 10.8 Å². The highest BCUT2D eigenvalue weighted by Crippen LogP contribution is 2.33. The van der Waals surface area contributed by atoms with Crippen molar-refractivity contribution in [3.63, 3.8) is 0 Å². The normalized spacial score (nSPS) is 10.4. The molecule has 148 valence electrons. The molecule has 0 saturated carbocycles. The van der Waals surface area contributed by atoms with Crippen LogP contribution in [0.5, 0.6) is 0 Å². The van der Waals surface area contributed by atoms with Gasteiger partial charge in [0.2, 0.25) is 11.6 Å². The number of pyridine rings is 1. The van der Waals surface area contributed by atoms with Crippen LogP contribution in [0.3, 0.4) is 0 Å². The summed E-state index contributed by atoms with van der Waals surface area (Å²) in [6.07, 6.45) is 4.10. The Morgan fingerprint density at radius 1 is 0.933 bits per heavy atom. The van der Waals surface area contributed by atoms with E-state index in [0.717, 1.165) is 10.8 Å². The van der Waals surface area contributed by atoms with Crippen LogP contribution in [0.15, 0.2) is 73.3 Å². The average Bonchev–Trinajstić information content (AvgIpc) is 2.78. The zero-order valence-corrected chi connectivity index (χ0v) is 15.4. The molecular formula is C20H15N7O3. The summed E-state index contributed by atoms with van der Waals surface area (Å²) in [4.78, 5) is 35.1. The first-order valence-electron chi connectivity index (χ1n) is 8.84. The van der Waals surface area contributed by atoms with E-state index < -0.39 is 16.5 Å². The summed E-state index contributed by atoms with van der Waals surface area (Å²) < 4.78 is 0. The molecule has 0 saturated heterocycles. The molecule has 0 atom stereocenters. The summed E-state index contributed by atoms with van der Waals surface area (Å²) in [6.45, 7) is 0. The summed E-state index contributed by atoms with van der Waals surface area (Å²) in [7, 11) is 0. The minimum atomic E-state index is -0.617. The van der Waals surface area contributed by atoms with Gasteiger partial charge in [-0.15, -0.1) is 0 Å². The van der Waals surface area contributed by atoms with Crippen LogP contribution in [0.1, 0.15) is 10.4 Å². The molecule has 2 heterocycles. The number of hydrazine groups is 1. The Balaban J connectivity index is 1.63. The summed E-state index contributed by atoms with van der Waals surface area (Å²) >= 11 is 0. The molecule has 3 N–H and O–H groups in total. The van der Waals surface area contributed by atoms with Gasteiger partial charge in [0, 0.05) is 29.0 Å². The molecule has 0 aliphatic heterocycles. The van der Waals surface area contributed by atoms with E-state index in [-0.39, 0.29) is 11.6 Å². The third kappa shape index (κ3) is 3.83. The minimum Gasteiger partial charge on any atom is -0.334 e. The summed E-state index contributed by atoms with van der Waals surface area (Å²) in [5.41, 5.74) is 5.48. The van der Waals surface area contributed by atoms with Gasteiger partial charge in [-0.1, -0.05) is 36.4 Å². The van der Waals surface area contributed by atoms with Crippen molar-refractivity contribution in [3.05, 3.63) is 89.0 Å². The molecule has 2 aromatic heterocycles.